The molecule has 0 N–H and O–H groups in total. The molecule has 0 amide bonds. The van der Waals surface area contributed by atoms with Crippen molar-refractivity contribution in [1.29, 1.82) is 0 Å². The lowest BCUT2D eigenvalue weighted by molar-refractivity contribution is 0.0271. The second-order valence-corrected chi connectivity index (χ2v) is 7.95. The monoisotopic (exact) mass is 432 g/mol. The highest BCUT2D eigenvalue weighted by molar-refractivity contribution is 5.94. The zero-order valence-corrected chi connectivity index (χ0v) is 18.3. The van der Waals surface area contributed by atoms with Gasteiger partial charge in [-0.3, -0.25) is 4.98 Å². The van der Waals surface area contributed by atoms with Gasteiger partial charge in [0, 0.05) is 25.0 Å². The Kier molecular flexibility index (Phi) is 7.27. The molecule has 0 fully saturated rings. The quantitative estimate of drug-likeness (QED) is 0.445. The number of fused-ring (bicyclic) bond motifs is 1. The van der Waals surface area contributed by atoms with Crippen LogP contribution in [0.2, 0.25) is 0 Å². The molecular formula is C25H28N4O3. The fourth-order valence-corrected chi connectivity index (χ4v) is 3.95. The van der Waals surface area contributed by atoms with Gasteiger partial charge in [0.1, 0.15) is 17.4 Å². The topological polar surface area (TPSA) is 79.1 Å². The van der Waals surface area contributed by atoms with Crippen LogP contribution in [0, 0.1) is 0 Å². The number of allylic oxidation sites excluding steroid dienone is 2. The third-order valence-electron chi connectivity index (χ3n) is 5.55. The van der Waals surface area contributed by atoms with Gasteiger partial charge in [0.05, 0.1) is 19.3 Å². The highest BCUT2D eigenvalue weighted by Crippen LogP contribution is 2.26. The van der Waals surface area contributed by atoms with E-state index >= 15 is 0 Å². The third kappa shape index (κ3) is 5.60. The van der Waals surface area contributed by atoms with E-state index in [1.165, 1.54) is 0 Å². The van der Waals surface area contributed by atoms with Crippen molar-refractivity contribution >= 4 is 5.97 Å². The maximum Gasteiger partial charge on any atom is 0.342 e. The summed E-state index contributed by atoms with van der Waals surface area (Å²) in [6, 6.07) is 9.56. The summed E-state index contributed by atoms with van der Waals surface area (Å²) in [6.45, 7) is 0.599. The van der Waals surface area contributed by atoms with Crippen molar-refractivity contribution in [3.8, 4) is 5.75 Å². The van der Waals surface area contributed by atoms with Crippen molar-refractivity contribution in [2.45, 2.75) is 51.2 Å². The summed E-state index contributed by atoms with van der Waals surface area (Å²) in [5.74, 6) is 0.193. The first-order valence-corrected chi connectivity index (χ1v) is 11.0. The number of carbonyl (C=O) groups excluding carboxylic acids is 1. The first kappa shape index (κ1) is 21.7. The second-order valence-electron chi connectivity index (χ2n) is 7.95. The van der Waals surface area contributed by atoms with Gasteiger partial charge in [-0.15, -0.1) is 5.10 Å². The number of carbonyl (C=O) groups is 1. The van der Waals surface area contributed by atoms with E-state index in [1.54, 1.807) is 24.1 Å². The molecule has 1 aromatic carbocycles. The minimum Gasteiger partial charge on any atom is -0.496 e. The number of hydrogen-bond acceptors (Lipinski definition) is 6. The van der Waals surface area contributed by atoms with Crippen molar-refractivity contribution < 1.29 is 14.3 Å². The van der Waals surface area contributed by atoms with Gasteiger partial charge in [0.25, 0.3) is 0 Å². The first-order valence-electron chi connectivity index (χ1n) is 11.0. The minimum absolute atomic E-state index is 0.271. The zero-order valence-electron chi connectivity index (χ0n) is 18.3. The number of aromatic nitrogens is 4. The summed E-state index contributed by atoms with van der Waals surface area (Å²) in [4.78, 5) is 17.3. The van der Waals surface area contributed by atoms with Crippen LogP contribution in [0.5, 0.6) is 5.75 Å². The minimum atomic E-state index is -0.348. The fourth-order valence-electron chi connectivity index (χ4n) is 3.95. The molecule has 32 heavy (non-hydrogen) atoms. The lowest BCUT2D eigenvalue weighted by atomic mass is 10.0. The molecule has 1 aliphatic rings. The Labute approximate surface area is 188 Å². The van der Waals surface area contributed by atoms with Crippen LogP contribution in [-0.2, 0) is 24.1 Å². The van der Waals surface area contributed by atoms with E-state index in [0.29, 0.717) is 30.7 Å². The van der Waals surface area contributed by atoms with Gasteiger partial charge < -0.3 is 9.47 Å². The van der Waals surface area contributed by atoms with Crippen LogP contribution in [0.25, 0.3) is 0 Å². The molecule has 0 saturated carbocycles. The summed E-state index contributed by atoms with van der Waals surface area (Å²) in [5, 5.41) is 8.54. The van der Waals surface area contributed by atoms with Gasteiger partial charge in [-0.05, 0) is 55.4 Å². The van der Waals surface area contributed by atoms with Gasteiger partial charge in [-0.1, -0.05) is 35.6 Å². The molecule has 166 valence electrons. The number of methoxy groups -OCH3 is 1. The largest absolute Gasteiger partial charge is 0.496 e. The van der Waals surface area contributed by atoms with Crippen LogP contribution in [0.15, 0.2) is 61.1 Å². The Hall–Kier alpha value is -3.48. The molecular weight excluding hydrogens is 404 g/mol. The second kappa shape index (κ2) is 10.7. The predicted octanol–water partition coefficient (Wildman–Crippen LogP) is 4.17. The van der Waals surface area contributed by atoms with Crippen LogP contribution >= 0.6 is 0 Å². The zero-order chi connectivity index (χ0) is 22.2. The van der Waals surface area contributed by atoms with E-state index in [9.17, 15) is 4.79 Å². The molecule has 3 aromatic rings. The van der Waals surface area contributed by atoms with Gasteiger partial charge in [0.15, 0.2) is 0 Å². The van der Waals surface area contributed by atoms with Crippen LogP contribution in [0.4, 0.5) is 0 Å². The average Bonchev–Trinajstić information content (AvgIpc) is 3.24. The maximum absolute atomic E-state index is 13.2. The number of cyclic esters (lactones) is 1. The lowest BCUT2D eigenvalue weighted by Gasteiger charge is -2.19. The van der Waals surface area contributed by atoms with E-state index in [4.69, 9.17) is 9.47 Å². The summed E-state index contributed by atoms with van der Waals surface area (Å²) in [5.41, 5.74) is 3.27. The number of esters is 1. The summed E-state index contributed by atoms with van der Waals surface area (Å²) >= 11 is 0. The Morgan fingerprint density at radius 1 is 1.19 bits per heavy atom. The normalized spacial score (nSPS) is 18.0. The smallest absolute Gasteiger partial charge is 0.342 e. The van der Waals surface area contributed by atoms with Gasteiger partial charge in [0.2, 0.25) is 0 Å². The molecule has 0 aliphatic carbocycles. The molecule has 0 bridgehead atoms. The van der Waals surface area contributed by atoms with Crippen LogP contribution in [-0.4, -0.2) is 39.2 Å². The van der Waals surface area contributed by atoms with Crippen molar-refractivity contribution in [3.63, 3.8) is 0 Å². The van der Waals surface area contributed by atoms with Crippen LogP contribution < -0.4 is 4.74 Å². The molecule has 0 radical (unpaired) electrons. The standard InChI is InChI=1S/C25H28N4O3/c1-31-23-13-7-11-20-10-5-3-2-4-6-12-22(32-25(30)24(20)23)15-21-18-29(28-27-21)17-19-9-8-14-26-16-19/h3,5,7-9,11,13-14,16,18,22H,2,4,6,10,12,15,17H2,1H3/b5-3-/t22-/m1/s1. The number of ether oxygens (including phenoxy) is 2. The number of benzene rings is 1. The molecule has 0 saturated heterocycles. The van der Waals surface area contributed by atoms with Crippen molar-refractivity contribution in [3.05, 3.63) is 83.5 Å². The molecule has 7 nitrogen and oxygen atoms in total. The maximum atomic E-state index is 13.2. The highest BCUT2D eigenvalue weighted by atomic mass is 16.5. The van der Waals surface area contributed by atoms with E-state index in [-0.39, 0.29) is 12.1 Å². The molecule has 0 unspecified atom stereocenters. The molecule has 1 atom stereocenters. The van der Waals surface area contributed by atoms with E-state index in [1.807, 2.05) is 36.7 Å². The van der Waals surface area contributed by atoms with E-state index < -0.39 is 0 Å². The Bertz CT molecular complexity index is 1060. The molecule has 3 heterocycles. The van der Waals surface area contributed by atoms with Crippen molar-refractivity contribution in [2.24, 2.45) is 0 Å². The van der Waals surface area contributed by atoms with Gasteiger partial charge >= 0.3 is 5.97 Å². The molecule has 2 aromatic heterocycles. The summed E-state index contributed by atoms with van der Waals surface area (Å²) in [7, 11) is 1.58. The first-order chi connectivity index (χ1) is 15.7. The van der Waals surface area contributed by atoms with Crippen LogP contribution in [0.3, 0.4) is 0 Å². The van der Waals surface area contributed by atoms with Crippen molar-refractivity contribution in [2.75, 3.05) is 7.11 Å². The Morgan fingerprint density at radius 2 is 2.12 bits per heavy atom. The van der Waals surface area contributed by atoms with Crippen LogP contribution in [0.1, 0.15) is 52.9 Å². The molecule has 0 spiro atoms. The number of nitrogens with zero attached hydrogens (tertiary/aromatic N) is 4. The number of rotatable bonds is 5. The van der Waals surface area contributed by atoms with E-state index in [2.05, 4.69) is 27.4 Å². The Balaban J connectivity index is 1.51. The lowest BCUT2D eigenvalue weighted by Crippen LogP contribution is -2.22. The number of hydrogen-bond donors (Lipinski definition) is 0. The predicted molar refractivity (Wildman–Crippen MR) is 121 cm³/mol. The molecule has 1 aliphatic heterocycles. The van der Waals surface area contributed by atoms with Gasteiger partial charge in [-0.2, -0.15) is 0 Å². The van der Waals surface area contributed by atoms with E-state index in [0.717, 1.165) is 42.5 Å². The summed E-state index contributed by atoms with van der Waals surface area (Å²) in [6.07, 6.45) is 14.5. The summed E-state index contributed by atoms with van der Waals surface area (Å²) < 4.78 is 13.2. The molecule has 7 heteroatoms. The number of pyridine rings is 1. The van der Waals surface area contributed by atoms with Gasteiger partial charge in [-0.25, -0.2) is 9.48 Å². The Morgan fingerprint density at radius 3 is 2.97 bits per heavy atom. The SMILES string of the molecule is COc1cccc2c1C(=O)O[C@@H](Cc1cn(Cc3cccnc3)nn1)CCCC/C=C\C2. The molecule has 4 rings (SSSR count). The van der Waals surface area contributed by atoms with Crippen molar-refractivity contribution in [1.82, 2.24) is 20.0 Å². The third-order valence-corrected chi connectivity index (χ3v) is 5.55. The highest BCUT2D eigenvalue weighted by Gasteiger charge is 2.23. The average molecular weight is 433 g/mol. The fraction of sp³-hybridized carbons (Fsp3) is 0.360.